The van der Waals surface area contributed by atoms with Crippen molar-refractivity contribution in [2.45, 2.75) is 6.42 Å². The molecular formula is C14H14N4. The normalized spacial score (nSPS) is 11.2. The van der Waals surface area contributed by atoms with Gasteiger partial charge in [-0.2, -0.15) is 5.10 Å². The minimum absolute atomic E-state index is 0.530. The predicted molar refractivity (Wildman–Crippen MR) is 74.3 cm³/mol. The molecule has 0 bridgehead atoms. The van der Waals surface area contributed by atoms with Crippen molar-refractivity contribution in [3.05, 3.63) is 42.6 Å². The van der Waals surface area contributed by atoms with Crippen LogP contribution in [0.5, 0.6) is 0 Å². The van der Waals surface area contributed by atoms with Gasteiger partial charge in [-0.25, -0.2) is 4.98 Å². The van der Waals surface area contributed by atoms with Gasteiger partial charge in [0.2, 0.25) is 0 Å². The molecule has 90 valence electrons. The lowest BCUT2D eigenvalue weighted by Gasteiger charge is -2.05. The number of aromatic nitrogens is 3. The zero-order valence-corrected chi connectivity index (χ0v) is 10.2. The zero-order chi connectivity index (χ0) is 12.7. The molecule has 0 amide bonds. The molecule has 18 heavy (non-hydrogen) atoms. The molecule has 0 fully saturated rings. The van der Waals surface area contributed by atoms with Gasteiger partial charge < -0.3 is 5.73 Å². The van der Waals surface area contributed by atoms with Crippen molar-refractivity contribution in [2.24, 2.45) is 7.05 Å². The minimum Gasteiger partial charge on any atom is -0.383 e. The fraction of sp³-hybridized carbons (Fsp3) is 0.143. The molecule has 3 rings (SSSR count). The van der Waals surface area contributed by atoms with Gasteiger partial charge >= 0.3 is 0 Å². The Bertz CT molecular complexity index is 755. The second-order valence-electron chi connectivity index (χ2n) is 4.37. The van der Waals surface area contributed by atoms with Crippen LogP contribution in [-0.4, -0.2) is 14.8 Å². The van der Waals surface area contributed by atoms with Gasteiger partial charge in [0.05, 0.1) is 22.6 Å². The van der Waals surface area contributed by atoms with E-state index in [4.69, 9.17) is 5.73 Å². The number of nitrogens with two attached hydrogens (primary N) is 1. The van der Waals surface area contributed by atoms with Crippen LogP contribution in [0.15, 0.2) is 37.1 Å². The van der Waals surface area contributed by atoms with Crippen LogP contribution in [0.25, 0.3) is 21.8 Å². The number of allylic oxidation sites excluding steroid dienone is 1. The number of nitrogens with zero attached hydrogens (tertiary/aromatic N) is 3. The third-order valence-electron chi connectivity index (χ3n) is 3.15. The van der Waals surface area contributed by atoms with Crippen LogP contribution >= 0.6 is 0 Å². The highest BCUT2D eigenvalue weighted by molar-refractivity contribution is 6.07. The molecular weight excluding hydrogens is 224 g/mol. The zero-order valence-electron chi connectivity index (χ0n) is 10.2. The summed E-state index contributed by atoms with van der Waals surface area (Å²) in [6.07, 6.45) is 4.50. The first kappa shape index (κ1) is 10.8. The number of aryl methyl sites for hydroxylation is 1. The summed E-state index contributed by atoms with van der Waals surface area (Å²) in [4.78, 5) is 4.42. The highest BCUT2D eigenvalue weighted by atomic mass is 15.3. The molecule has 2 aromatic heterocycles. The maximum atomic E-state index is 5.95. The molecule has 2 N–H and O–H groups in total. The van der Waals surface area contributed by atoms with Crippen molar-refractivity contribution in [2.75, 3.05) is 5.73 Å². The van der Waals surface area contributed by atoms with Crippen molar-refractivity contribution in [1.29, 1.82) is 0 Å². The Morgan fingerprint density at radius 1 is 1.39 bits per heavy atom. The van der Waals surface area contributed by atoms with E-state index in [2.05, 4.69) is 28.8 Å². The lowest BCUT2D eigenvalue weighted by atomic mass is 10.1. The van der Waals surface area contributed by atoms with Crippen molar-refractivity contribution in [3.8, 4) is 0 Å². The predicted octanol–water partition coefficient (Wildman–Crippen LogP) is 2.43. The summed E-state index contributed by atoms with van der Waals surface area (Å²) < 4.78 is 1.84. The largest absolute Gasteiger partial charge is 0.383 e. The molecule has 4 nitrogen and oxygen atoms in total. The maximum Gasteiger partial charge on any atom is 0.135 e. The van der Waals surface area contributed by atoms with Crippen molar-refractivity contribution >= 4 is 27.6 Å². The molecule has 3 aromatic rings. The van der Waals surface area contributed by atoms with Crippen LogP contribution < -0.4 is 5.73 Å². The molecule has 0 aliphatic rings. The van der Waals surface area contributed by atoms with E-state index >= 15 is 0 Å². The quantitative estimate of drug-likeness (QED) is 0.697. The number of rotatable bonds is 2. The number of hydrogen-bond acceptors (Lipinski definition) is 3. The summed E-state index contributed by atoms with van der Waals surface area (Å²) in [7, 11) is 1.92. The van der Waals surface area contributed by atoms with Crippen molar-refractivity contribution in [3.63, 3.8) is 0 Å². The van der Waals surface area contributed by atoms with Gasteiger partial charge in [-0.3, -0.25) is 4.68 Å². The second-order valence-corrected chi connectivity index (χ2v) is 4.37. The van der Waals surface area contributed by atoms with E-state index < -0.39 is 0 Å². The standard InChI is InChI=1S/C14H14N4/c1-3-4-9-5-6-12-10(7-9)13-11(14(15)17-12)8-16-18(13)2/h3,5-8H,1,4H2,2H3,(H2,15,17). The van der Waals surface area contributed by atoms with Gasteiger partial charge in [-0.05, 0) is 24.1 Å². The number of pyridine rings is 1. The number of anilines is 1. The molecule has 0 saturated carbocycles. The number of fused-ring (bicyclic) bond motifs is 3. The summed E-state index contributed by atoms with van der Waals surface area (Å²) in [5.74, 6) is 0.530. The molecule has 0 unspecified atom stereocenters. The SMILES string of the molecule is C=CCc1ccc2nc(N)c3cnn(C)c3c2c1. The molecule has 0 aliphatic heterocycles. The summed E-state index contributed by atoms with van der Waals surface area (Å²) in [5, 5.41) is 6.24. The number of nitrogen functional groups attached to an aromatic ring is 1. The van der Waals surface area contributed by atoms with E-state index in [0.29, 0.717) is 5.82 Å². The molecule has 4 heteroatoms. The monoisotopic (exact) mass is 238 g/mol. The van der Waals surface area contributed by atoms with Crippen LogP contribution in [0.3, 0.4) is 0 Å². The van der Waals surface area contributed by atoms with Crippen LogP contribution in [0.2, 0.25) is 0 Å². The molecule has 0 atom stereocenters. The average molecular weight is 238 g/mol. The third-order valence-corrected chi connectivity index (χ3v) is 3.15. The Morgan fingerprint density at radius 2 is 2.22 bits per heavy atom. The van der Waals surface area contributed by atoms with Gasteiger partial charge in [0.1, 0.15) is 5.82 Å². The van der Waals surface area contributed by atoms with Crippen LogP contribution in [0, 0.1) is 0 Å². The van der Waals surface area contributed by atoms with E-state index in [0.717, 1.165) is 28.2 Å². The lowest BCUT2D eigenvalue weighted by Crippen LogP contribution is -1.96. The van der Waals surface area contributed by atoms with E-state index in [-0.39, 0.29) is 0 Å². The van der Waals surface area contributed by atoms with Gasteiger partial charge in [0, 0.05) is 12.4 Å². The van der Waals surface area contributed by atoms with E-state index in [1.807, 2.05) is 23.9 Å². The molecule has 2 heterocycles. The highest BCUT2D eigenvalue weighted by Gasteiger charge is 2.10. The van der Waals surface area contributed by atoms with Crippen molar-refractivity contribution in [1.82, 2.24) is 14.8 Å². The minimum atomic E-state index is 0.530. The van der Waals surface area contributed by atoms with Gasteiger partial charge in [0.15, 0.2) is 0 Å². The first-order valence-corrected chi connectivity index (χ1v) is 5.81. The van der Waals surface area contributed by atoms with Crippen LogP contribution in [0.1, 0.15) is 5.56 Å². The number of benzene rings is 1. The Hall–Kier alpha value is -2.36. The third kappa shape index (κ3) is 1.46. The van der Waals surface area contributed by atoms with Crippen LogP contribution in [0.4, 0.5) is 5.82 Å². The highest BCUT2D eigenvalue weighted by Crippen LogP contribution is 2.28. The van der Waals surface area contributed by atoms with E-state index in [1.165, 1.54) is 5.56 Å². The average Bonchev–Trinajstić information content (AvgIpc) is 2.74. The molecule has 0 saturated heterocycles. The topological polar surface area (TPSA) is 56.7 Å². The maximum absolute atomic E-state index is 5.95. The Balaban J connectivity index is 2.45. The first-order chi connectivity index (χ1) is 8.70. The van der Waals surface area contributed by atoms with Gasteiger partial charge in [0.25, 0.3) is 0 Å². The summed E-state index contributed by atoms with van der Waals surface area (Å²) in [5.41, 5.74) is 9.10. The lowest BCUT2D eigenvalue weighted by molar-refractivity contribution is 0.799. The molecule has 0 spiro atoms. The van der Waals surface area contributed by atoms with Gasteiger partial charge in [-0.1, -0.05) is 12.1 Å². The fourth-order valence-corrected chi connectivity index (χ4v) is 2.30. The van der Waals surface area contributed by atoms with E-state index in [9.17, 15) is 0 Å². The van der Waals surface area contributed by atoms with Gasteiger partial charge in [-0.15, -0.1) is 6.58 Å². The summed E-state index contributed by atoms with van der Waals surface area (Å²) in [6.45, 7) is 3.77. The van der Waals surface area contributed by atoms with Crippen molar-refractivity contribution < 1.29 is 0 Å². The summed E-state index contributed by atoms with van der Waals surface area (Å²) in [6, 6.07) is 6.18. The first-order valence-electron chi connectivity index (χ1n) is 5.81. The Morgan fingerprint density at radius 3 is 3.00 bits per heavy atom. The smallest absolute Gasteiger partial charge is 0.135 e. The number of hydrogen-bond donors (Lipinski definition) is 1. The second kappa shape index (κ2) is 3.84. The molecule has 0 aliphatic carbocycles. The Labute approximate surface area is 105 Å². The van der Waals surface area contributed by atoms with Crippen LogP contribution in [-0.2, 0) is 13.5 Å². The summed E-state index contributed by atoms with van der Waals surface area (Å²) >= 11 is 0. The Kier molecular flexibility index (Phi) is 2.30. The molecule has 0 radical (unpaired) electrons. The fourth-order valence-electron chi connectivity index (χ4n) is 2.30. The van der Waals surface area contributed by atoms with E-state index in [1.54, 1.807) is 6.20 Å². The molecule has 1 aromatic carbocycles.